The van der Waals surface area contributed by atoms with Gasteiger partial charge in [0.15, 0.2) is 0 Å². The summed E-state index contributed by atoms with van der Waals surface area (Å²) in [5, 5.41) is 0.785. The molecular weight excluding hydrogens is 284 g/mol. The highest BCUT2D eigenvalue weighted by Crippen LogP contribution is 2.20. The van der Waals surface area contributed by atoms with Gasteiger partial charge in [-0.15, -0.1) is 0 Å². The fraction of sp³-hybridized carbons (Fsp3) is 0.312. The van der Waals surface area contributed by atoms with Crippen molar-refractivity contribution in [2.45, 2.75) is 6.54 Å². The minimum absolute atomic E-state index is 0.590. The largest absolute Gasteiger partial charge is 0.384 e. The Balaban J connectivity index is 1.56. The summed E-state index contributed by atoms with van der Waals surface area (Å²) in [4.78, 5) is 8.87. The topological polar surface area (TPSA) is 45.4 Å². The molecule has 0 atom stereocenters. The summed E-state index contributed by atoms with van der Waals surface area (Å²) < 4.78 is 0. The molecule has 5 heteroatoms. The number of anilines is 2. The van der Waals surface area contributed by atoms with Crippen LogP contribution in [0.5, 0.6) is 0 Å². The third-order valence-corrected chi connectivity index (χ3v) is 4.07. The van der Waals surface area contributed by atoms with E-state index in [1.807, 2.05) is 24.3 Å². The van der Waals surface area contributed by atoms with Crippen LogP contribution < -0.4 is 10.6 Å². The summed E-state index contributed by atoms with van der Waals surface area (Å²) >= 11 is 5.93. The minimum Gasteiger partial charge on any atom is -0.384 e. The number of pyridine rings is 1. The van der Waals surface area contributed by atoms with E-state index in [0.717, 1.165) is 37.7 Å². The quantitative estimate of drug-likeness (QED) is 0.947. The Hall–Kier alpha value is -1.78. The Morgan fingerprint density at radius 1 is 1.05 bits per heavy atom. The highest BCUT2D eigenvalue weighted by molar-refractivity contribution is 6.30. The van der Waals surface area contributed by atoms with Crippen LogP contribution in [0, 0.1) is 0 Å². The van der Waals surface area contributed by atoms with Crippen LogP contribution in [0.1, 0.15) is 5.56 Å². The molecule has 2 aromatic rings. The molecule has 1 aliphatic rings. The lowest BCUT2D eigenvalue weighted by atomic mass is 10.2. The van der Waals surface area contributed by atoms with E-state index in [9.17, 15) is 0 Å². The maximum Gasteiger partial charge on any atom is 0.123 e. The van der Waals surface area contributed by atoms with Crippen LogP contribution in [0.3, 0.4) is 0 Å². The van der Waals surface area contributed by atoms with Crippen LogP contribution in [0.25, 0.3) is 0 Å². The van der Waals surface area contributed by atoms with Crippen molar-refractivity contribution in [2.24, 2.45) is 0 Å². The SMILES string of the molecule is Nc1cc(CN2CCN(c3ccc(Cl)cc3)CC2)ccn1. The van der Waals surface area contributed by atoms with Gasteiger partial charge in [0.2, 0.25) is 0 Å². The first-order valence-electron chi connectivity index (χ1n) is 7.14. The van der Waals surface area contributed by atoms with E-state index in [1.165, 1.54) is 11.3 Å². The fourth-order valence-electron chi connectivity index (χ4n) is 2.67. The summed E-state index contributed by atoms with van der Waals surface area (Å²) in [7, 11) is 0. The molecule has 1 fully saturated rings. The van der Waals surface area contributed by atoms with Gasteiger partial charge in [-0.2, -0.15) is 0 Å². The smallest absolute Gasteiger partial charge is 0.123 e. The maximum absolute atomic E-state index is 5.93. The number of nitrogen functional groups attached to an aromatic ring is 1. The molecular formula is C16H19ClN4. The molecule has 0 bridgehead atoms. The van der Waals surface area contributed by atoms with Crippen LogP contribution in [0.2, 0.25) is 5.02 Å². The van der Waals surface area contributed by atoms with E-state index in [1.54, 1.807) is 6.20 Å². The second-order valence-electron chi connectivity index (χ2n) is 5.33. The van der Waals surface area contributed by atoms with Crippen LogP contribution in [0.4, 0.5) is 11.5 Å². The Morgan fingerprint density at radius 3 is 2.43 bits per heavy atom. The number of rotatable bonds is 3. The molecule has 2 heterocycles. The van der Waals surface area contributed by atoms with Crippen molar-refractivity contribution in [3.8, 4) is 0 Å². The predicted octanol–water partition coefficient (Wildman–Crippen LogP) is 2.64. The first kappa shape index (κ1) is 14.2. The molecule has 1 aromatic heterocycles. The summed E-state index contributed by atoms with van der Waals surface area (Å²) in [6.07, 6.45) is 1.77. The molecule has 0 aliphatic carbocycles. The molecule has 1 aliphatic heterocycles. The Labute approximate surface area is 130 Å². The molecule has 0 radical (unpaired) electrons. The van der Waals surface area contributed by atoms with Gasteiger partial charge in [0.05, 0.1) is 0 Å². The van der Waals surface area contributed by atoms with Crippen molar-refractivity contribution in [1.82, 2.24) is 9.88 Å². The molecule has 1 aromatic carbocycles. The predicted molar refractivity (Wildman–Crippen MR) is 87.6 cm³/mol. The Morgan fingerprint density at radius 2 is 1.76 bits per heavy atom. The second kappa shape index (κ2) is 6.33. The van der Waals surface area contributed by atoms with Gasteiger partial charge in [-0.3, -0.25) is 4.90 Å². The normalized spacial score (nSPS) is 16.1. The molecule has 0 saturated carbocycles. The monoisotopic (exact) mass is 302 g/mol. The highest BCUT2D eigenvalue weighted by atomic mass is 35.5. The summed E-state index contributed by atoms with van der Waals surface area (Å²) in [5.74, 6) is 0.590. The van der Waals surface area contributed by atoms with Gasteiger partial charge in [-0.25, -0.2) is 4.98 Å². The first-order chi connectivity index (χ1) is 10.2. The lowest BCUT2D eigenvalue weighted by Crippen LogP contribution is -2.45. The summed E-state index contributed by atoms with van der Waals surface area (Å²) in [5.41, 5.74) is 8.19. The van der Waals surface area contributed by atoms with E-state index in [2.05, 4.69) is 26.9 Å². The van der Waals surface area contributed by atoms with E-state index in [4.69, 9.17) is 17.3 Å². The highest BCUT2D eigenvalue weighted by Gasteiger charge is 2.17. The van der Waals surface area contributed by atoms with Crippen LogP contribution >= 0.6 is 11.6 Å². The Bertz CT molecular complexity index is 591. The molecule has 3 rings (SSSR count). The number of halogens is 1. The third kappa shape index (κ3) is 3.65. The van der Waals surface area contributed by atoms with Crippen LogP contribution in [0.15, 0.2) is 42.6 Å². The molecule has 0 spiro atoms. The van der Waals surface area contributed by atoms with Crippen molar-refractivity contribution in [3.63, 3.8) is 0 Å². The zero-order valence-electron chi connectivity index (χ0n) is 11.9. The van der Waals surface area contributed by atoms with Crippen molar-refractivity contribution in [1.29, 1.82) is 0 Å². The van der Waals surface area contributed by atoms with Gasteiger partial charge in [0.25, 0.3) is 0 Å². The number of aromatic nitrogens is 1. The van der Waals surface area contributed by atoms with Crippen LogP contribution in [-0.2, 0) is 6.54 Å². The van der Waals surface area contributed by atoms with E-state index in [0.29, 0.717) is 5.82 Å². The first-order valence-corrected chi connectivity index (χ1v) is 7.52. The van der Waals surface area contributed by atoms with E-state index < -0.39 is 0 Å². The Kier molecular flexibility index (Phi) is 4.27. The van der Waals surface area contributed by atoms with E-state index in [-0.39, 0.29) is 0 Å². The van der Waals surface area contributed by atoms with Gasteiger partial charge in [-0.05, 0) is 42.0 Å². The molecule has 21 heavy (non-hydrogen) atoms. The van der Waals surface area contributed by atoms with Crippen LogP contribution in [-0.4, -0.2) is 36.1 Å². The number of piperazine rings is 1. The standard InChI is InChI=1S/C16H19ClN4/c17-14-1-3-15(4-2-14)21-9-7-20(8-10-21)12-13-5-6-19-16(18)11-13/h1-6,11H,7-10,12H2,(H2,18,19). The maximum atomic E-state index is 5.93. The fourth-order valence-corrected chi connectivity index (χ4v) is 2.79. The zero-order valence-corrected chi connectivity index (χ0v) is 12.6. The lowest BCUT2D eigenvalue weighted by molar-refractivity contribution is 0.250. The number of nitrogens with two attached hydrogens (primary N) is 1. The van der Waals surface area contributed by atoms with Crippen molar-refractivity contribution < 1.29 is 0 Å². The second-order valence-corrected chi connectivity index (χ2v) is 5.77. The van der Waals surface area contributed by atoms with Crippen molar-refractivity contribution in [3.05, 3.63) is 53.2 Å². The third-order valence-electron chi connectivity index (χ3n) is 3.82. The molecule has 0 unspecified atom stereocenters. The number of hydrogen-bond donors (Lipinski definition) is 1. The minimum atomic E-state index is 0.590. The average Bonchev–Trinajstić information content (AvgIpc) is 2.49. The lowest BCUT2D eigenvalue weighted by Gasteiger charge is -2.36. The summed E-state index contributed by atoms with van der Waals surface area (Å²) in [6, 6.07) is 12.0. The molecule has 0 amide bonds. The summed E-state index contributed by atoms with van der Waals surface area (Å²) in [6.45, 7) is 5.08. The van der Waals surface area contributed by atoms with Gasteiger partial charge in [0, 0.05) is 49.6 Å². The van der Waals surface area contributed by atoms with Gasteiger partial charge < -0.3 is 10.6 Å². The number of hydrogen-bond acceptors (Lipinski definition) is 4. The van der Waals surface area contributed by atoms with Gasteiger partial charge >= 0.3 is 0 Å². The molecule has 110 valence electrons. The van der Waals surface area contributed by atoms with Crippen molar-refractivity contribution in [2.75, 3.05) is 36.8 Å². The van der Waals surface area contributed by atoms with Gasteiger partial charge in [0.1, 0.15) is 5.82 Å². The zero-order chi connectivity index (χ0) is 14.7. The molecule has 4 nitrogen and oxygen atoms in total. The molecule has 2 N–H and O–H groups in total. The van der Waals surface area contributed by atoms with Crippen molar-refractivity contribution >= 4 is 23.1 Å². The van der Waals surface area contributed by atoms with E-state index >= 15 is 0 Å². The molecule has 1 saturated heterocycles. The van der Waals surface area contributed by atoms with Gasteiger partial charge in [-0.1, -0.05) is 11.6 Å². The number of benzene rings is 1. The average molecular weight is 303 g/mol. The number of nitrogens with zero attached hydrogens (tertiary/aromatic N) is 3.